The third-order valence-electron chi connectivity index (χ3n) is 3.13. The highest BCUT2D eigenvalue weighted by molar-refractivity contribution is 5.67. The van der Waals surface area contributed by atoms with Gasteiger partial charge in [0.25, 0.3) is 0 Å². The van der Waals surface area contributed by atoms with Gasteiger partial charge < -0.3 is 16.2 Å². The molecule has 0 saturated heterocycles. The average Bonchev–Trinajstić information content (AvgIpc) is 2.53. The number of hydrogen-bond acceptors (Lipinski definition) is 5. The van der Waals surface area contributed by atoms with Crippen molar-refractivity contribution >= 4 is 5.82 Å². The molecule has 0 amide bonds. The minimum atomic E-state index is 0.0709. The smallest absolute Gasteiger partial charge is 0.165 e. The van der Waals surface area contributed by atoms with Crippen molar-refractivity contribution in [3.63, 3.8) is 0 Å². The summed E-state index contributed by atoms with van der Waals surface area (Å²) in [5, 5.41) is 13.1. The van der Waals surface area contributed by atoms with E-state index < -0.39 is 0 Å². The number of aromatic hydroxyl groups is 1. The highest BCUT2D eigenvalue weighted by Gasteiger charge is 2.09. The van der Waals surface area contributed by atoms with Crippen LogP contribution in [-0.4, -0.2) is 27.7 Å². The molecule has 0 fully saturated rings. The first-order valence-electron chi connectivity index (χ1n) is 6.76. The second-order valence-electron chi connectivity index (χ2n) is 4.69. The Hall–Kier alpha value is -2.58. The number of benzene rings is 1. The molecule has 2 aromatic rings. The molecule has 0 aliphatic heterocycles. The lowest BCUT2D eigenvalue weighted by molar-refractivity contribution is 0.477. The highest BCUT2D eigenvalue weighted by atomic mass is 16.3. The van der Waals surface area contributed by atoms with Crippen LogP contribution in [0.1, 0.15) is 18.9 Å². The van der Waals surface area contributed by atoms with Gasteiger partial charge >= 0.3 is 0 Å². The lowest BCUT2D eigenvalue weighted by Gasteiger charge is -2.11. The van der Waals surface area contributed by atoms with E-state index in [1.54, 1.807) is 30.5 Å². The molecule has 21 heavy (non-hydrogen) atoms. The fraction of sp³-hybridized carbons (Fsp3) is 0.250. The van der Waals surface area contributed by atoms with Crippen molar-refractivity contribution in [3.8, 4) is 29.5 Å². The molecule has 4 N–H and O–H groups in total. The molecule has 1 aromatic heterocycles. The lowest BCUT2D eigenvalue weighted by Crippen LogP contribution is -2.28. The molecule has 1 aromatic carbocycles. The van der Waals surface area contributed by atoms with Gasteiger partial charge in [-0.05, 0) is 30.7 Å². The van der Waals surface area contributed by atoms with Gasteiger partial charge in [-0.1, -0.05) is 12.8 Å². The van der Waals surface area contributed by atoms with Crippen LogP contribution >= 0.6 is 0 Å². The fourth-order valence-electron chi connectivity index (χ4n) is 1.77. The van der Waals surface area contributed by atoms with Crippen LogP contribution in [0.15, 0.2) is 30.5 Å². The van der Waals surface area contributed by atoms with Crippen LogP contribution < -0.4 is 11.1 Å². The molecule has 0 saturated carbocycles. The number of anilines is 1. The van der Waals surface area contributed by atoms with E-state index in [4.69, 9.17) is 12.2 Å². The number of nitrogens with one attached hydrogen (secondary N) is 1. The monoisotopic (exact) mass is 282 g/mol. The Morgan fingerprint density at radius 3 is 2.95 bits per heavy atom. The summed E-state index contributed by atoms with van der Waals surface area (Å²) in [6.07, 6.45) is 7.89. The SMILES string of the molecule is C#Cc1ccc(O)c(-c2nccc(NC[C@H](N)CC)n2)c1. The van der Waals surface area contributed by atoms with Crippen LogP contribution in [0.3, 0.4) is 0 Å². The van der Waals surface area contributed by atoms with E-state index in [2.05, 4.69) is 21.2 Å². The third-order valence-corrected chi connectivity index (χ3v) is 3.13. The first-order valence-corrected chi connectivity index (χ1v) is 6.76. The van der Waals surface area contributed by atoms with Gasteiger partial charge in [-0.15, -0.1) is 6.42 Å². The van der Waals surface area contributed by atoms with E-state index >= 15 is 0 Å². The normalized spacial score (nSPS) is 11.7. The maximum absolute atomic E-state index is 9.94. The number of phenolic OH excluding ortho intramolecular Hbond substituents is 1. The predicted molar refractivity (Wildman–Crippen MR) is 83.8 cm³/mol. The fourth-order valence-corrected chi connectivity index (χ4v) is 1.77. The molecule has 0 aliphatic rings. The largest absolute Gasteiger partial charge is 0.507 e. The molecular formula is C16H18N4O. The van der Waals surface area contributed by atoms with Crippen molar-refractivity contribution in [3.05, 3.63) is 36.0 Å². The predicted octanol–water partition coefficient (Wildman–Crippen LogP) is 1.98. The van der Waals surface area contributed by atoms with Crippen LogP contribution in [0.2, 0.25) is 0 Å². The molecule has 0 unspecified atom stereocenters. The lowest BCUT2D eigenvalue weighted by atomic mass is 10.1. The molecule has 0 radical (unpaired) electrons. The molecule has 0 bridgehead atoms. The summed E-state index contributed by atoms with van der Waals surface area (Å²) in [7, 11) is 0. The molecule has 0 spiro atoms. The minimum absolute atomic E-state index is 0.0709. The number of phenols is 1. The van der Waals surface area contributed by atoms with E-state index in [0.29, 0.717) is 29.3 Å². The first kappa shape index (κ1) is 14.8. The zero-order valence-corrected chi connectivity index (χ0v) is 11.9. The number of nitrogens with two attached hydrogens (primary N) is 1. The Bertz CT molecular complexity index is 664. The van der Waals surface area contributed by atoms with Crippen LogP contribution in [-0.2, 0) is 0 Å². The Kier molecular flexibility index (Phi) is 4.75. The Labute approximate surface area is 124 Å². The van der Waals surface area contributed by atoms with Crippen LogP contribution in [0.4, 0.5) is 5.82 Å². The quantitative estimate of drug-likeness (QED) is 0.730. The van der Waals surface area contributed by atoms with Crippen molar-refractivity contribution < 1.29 is 5.11 Å². The maximum atomic E-state index is 9.94. The molecule has 0 aliphatic carbocycles. The Morgan fingerprint density at radius 1 is 1.43 bits per heavy atom. The molecule has 1 heterocycles. The number of rotatable bonds is 5. The van der Waals surface area contributed by atoms with Gasteiger partial charge in [0, 0.05) is 24.3 Å². The minimum Gasteiger partial charge on any atom is -0.507 e. The summed E-state index contributed by atoms with van der Waals surface area (Å²) in [6, 6.07) is 6.73. The van der Waals surface area contributed by atoms with Gasteiger partial charge in [-0.3, -0.25) is 0 Å². The number of nitrogens with zero attached hydrogens (tertiary/aromatic N) is 2. The van der Waals surface area contributed by atoms with E-state index in [1.165, 1.54) is 0 Å². The average molecular weight is 282 g/mol. The van der Waals surface area contributed by atoms with Gasteiger partial charge in [0.2, 0.25) is 0 Å². The van der Waals surface area contributed by atoms with Gasteiger partial charge in [0.05, 0.1) is 5.56 Å². The number of aromatic nitrogens is 2. The Balaban J connectivity index is 2.27. The molecule has 2 rings (SSSR count). The number of terminal acetylenes is 1. The zero-order chi connectivity index (χ0) is 15.2. The van der Waals surface area contributed by atoms with Crippen LogP contribution in [0.25, 0.3) is 11.4 Å². The topological polar surface area (TPSA) is 84.1 Å². The van der Waals surface area contributed by atoms with Gasteiger partial charge in [0.1, 0.15) is 11.6 Å². The van der Waals surface area contributed by atoms with Crippen molar-refractivity contribution in [1.82, 2.24) is 9.97 Å². The second-order valence-corrected chi connectivity index (χ2v) is 4.69. The van der Waals surface area contributed by atoms with Crippen molar-refractivity contribution in [1.29, 1.82) is 0 Å². The Morgan fingerprint density at radius 2 is 2.24 bits per heavy atom. The number of hydrogen-bond donors (Lipinski definition) is 3. The van der Waals surface area contributed by atoms with E-state index in [1.807, 2.05) is 6.92 Å². The van der Waals surface area contributed by atoms with Gasteiger partial charge in [-0.25, -0.2) is 9.97 Å². The van der Waals surface area contributed by atoms with Crippen molar-refractivity contribution in [2.75, 3.05) is 11.9 Å². The molecule has 5 nitrogen and oxygen atoms in total. The molecule has 1 atom stereocenters. The standard InChI is InChI=1S/C16H18N4O/c1-3-11-5-6-14(21)13(9-11)16-18-8-7-15(20-16)19-10-12(17)4-2/h1,5-9,12,21H,4,10,17H2,2H3,(H,18,19,20)/t12-/m1/s1. The summed E-state index contributed by atoms with van der Waals surface area (Å²) in [4.78, 5) is 8.56. The third kappa shape index (κ3) is 3.71. The summed E-state index contributed by atoms with van der Waals surface area (Å²) in [5.74, 6) is 3.70. The maximum Gasteiger partial charge on any atom is 0.165 e. The van der Waals surface area contributed by atoms with Crippen LogP contribution in [0, 0.1) is 12.3 Å². The second kappa shape index (κ2) is 6.73. The summed E-state index contributed by atoms with van der Waals surface area (Å²) in [6.45, 7) is 2.66. The summed E-state index contributed by atoms with van der Waals surface area (Å²) < 4.78 is 0. The molecule has 5 heteroatoms. The van der Waals surface area contributed by atoms with Crippen LogP contribution in [0.5, 0.6) is 5.75 Å². The van der Waals surface area contributed by atoms with E-state index in [0.717, 1.165) is 6.42 Å². The molecular weight excluding hydrogens is 264 g/mol. The first-order chi connectivity index (χ1) is 10.1. The van der Waals surface area contributed by atoms with Gasteiger partial charge in [-0.2, -0.15) is 0 Å². The van der Waals surface area contributed by atoms with E-state index in [-0.39, 0.29) is 11.8 Å². The van der Waals surface area contributed by atoms with Crippen molar-refractivity contribution in [2.24, 2.45) is 5.73 Å². The van der Waals surface area contributed by atoms with Gasteiger partial charge in [0.15, 0.2) is 5.82 Å². The molecule has 108 valence electrons. The van der Waals surface area contributed by atoms with E-state index in [9.17, 15) is 5.11 Å². The zero-order valence-electron chi connectivity index (χ0n) is 11.9. The summed E-state index contributed by atoms with van der Waals surface area (Å²) in [5.41, 5.74) is 7.04. The summed E-state index contributed by atoms with van der Waals surface area (Å²) >= 11 is 0. The van der Waals surface area contributed by atoms with Crippen molar-refractivity contribution in [2.45, 2.75) is 19.4 Å². The highest BCUT2D eigenvalue weighted by Crippen LogP contribution is 2.27.